The first-order valence-electron chi connectivity index (χ1n) is 12.5. The number of thioether (sulfide) groups is 1. The van der Waals surface area contributed by atoms with Gasteiger partial charge in [0.15, 0.2) is 11.5 Å². The van der Waals surface area contributed by atoms with Crippen molar-refractivity contribution < 1.29 is 28.6 Å². The molecule has 1 aliphatic heterocycles. The van der Waals surface area contributed by atoms with Gasteiger partial charge in [-0.3, -0.25) is 19.3 Å². The van der Waals surface area contributed by atoms with Crippen LogP contribution in [0.3, 0.4) is 0 Å². The Morgan fingerprint density at radius 1 is 0.976 bits per heavy atom. The first-order chi connectivity index (χ1) is 19.9. The fourth-order valence-corrected chi connectivity index (χ4v) is 5.45. The number of imide groups is 1. The van der Waals surface area contributed by atoms with Crippen LogP contribution in [-0.2, 0) is 16.2 Å². The molecule has 1 N–H and O–H groups in total. The Morgan fingerprint density at radius 2 is 1.73 bits per heavy atom. The Bertz CT molecular complexity index is 1670. The summed E-state index contributed by atoms with van der Waals surface area (Å²) < 4.78 is 16.7. The predicted octanol–water partition coefficient (Wildman–Crippen LogP) is 6.76. The molecule has 41 heavy (non-hydrogen) atoms. The first-order valence-corrected chi connectivity index (χ1v) is 13.7. The largest absolute Gasteiger partial charge is 0.497 e. The summed E-state index contributed by atoms with van der Waals surface area (Å²) in [5.74, 6) is 0.303. The molecule has 1 fully saturated rings. The number of ether oxygens (including phenoxy) is 3. The van der Waals surface area contributed by atoms with Crippen molar-refractivity contribution in [2.45, 2.75) is 6.61 Å². The summed E-state index contributed by atoms with van der Waals surface area (Å²) in [7, 11) is 3.04. The Balaban J connectivity index is 1.29. The lowest BCUT2D eigenvalue weighted by Gasteiger charge is -2.15. The van der Waals surface area contributed by atoms with E-state index in [2.05, 4.69) is 5.32 Å². The summed E-state index contributed by atoms with van der Waals surface area (Å²) in [4.78, 5) is 39.1. The molecule has 0 unspecified atom stereocenters. The van der Waals surface area contributed by atoms with Crippen LogP contribution in [0, 0.1) is 0 Å². The van der Waals surface area contributed by atoms with Crippen LogP contribution in [0.5, 0.6) is 17.2 Å². The zero-order chi connectivity index (χ0) is 28.9. The van der Waals surface area contributed by atoms with Gasteiger partial charge in [-0.15, -0.1) is 0 Å². The summed E-state index contributed by atoms with van der Waals surface area (Å²) in [6.45, 7) is -0.146. The van der Waals surface area contributed by atoms with Gasteiger partial charge in [0.2, 0.25) is 5.91 Å². The van der Waals surface area contributed by atoms with Crippen molar-refractivity contribution in [1.29, 1.82) is 0 Å². The van der Waals surface area contributed by atoms with E-state index in [-0.39, 0.29) is 16.5 Å². The van der Waals surface area contributed by atoms with Crippen molar-refractivity contribution in [3.05, 3.63) is 99.9 Å². The Labute approximate surface area is 245 Å². The molecule has 4 aromatic carbocycles. The molecule has 0 radical (unpaired) electrons. The smallest absolute Gasteiger partial charge is 0.294 e. The number of halogens is 1. The monoisotopic (exact) mass is 588 g/mol. The first kappa shape index (κ1) is 28.1. The van der Waals surface area contributed by atoms with Crippen molar-refractivity contribution in [1.82, 2.24) is 4.90 Å². The van der Waals surface area contributed by atoms with E-state index in [0.717, 1.165) is 33.0 Å². The molecule has 0 aliphatic carbocycles. The lowest BCUT2D eigenvalue weighted by Crippen LogP contribution is -2.36. The number of nitrogens with one attached hydrogen (secondary N) is 1. The topological polar surface area (TPSA) is 94.2 Å². The number of methoxy groups -OCH3 is 2. The maximum atomic E-state index is 13.0. The second kappa shape index (κ2) is 12.4. The van der Waals surface area contributed by atoms with Crippen LogP contribution in [0.2, 0.25) is 5.02 Å². The summed E-state index contributed by atoms with van der Waals surface area (Å²) in [5.41, 5.74) is 2.05. The van der Waals surface area contributed by atoms with Gasteiger partial charge in [-0.25, -0.2) is 0 Å². The van der Waals surface area contributed by atoms with Gasteiger partial charge in [-0.2, -0.15) is 0 Å². The normalized spacial score (nSPS) is 14.0. The Kier molecular flexibility index (Phi) is 8.47. The second-order valence-electron chi connectivity index (χ2n) is 9.01. The summed E-state index contributed by atoms with van der Waals surface area (Å²) in [6, 6.07) is 24.0. The number of anilines is 1. The molecular weight excluding hydrogens is 564 g/mol. The fourth-order valence-electron chi connectivity index (χ4n) is 4.34. The highest BCUT2D eigenvalue weighted by Crippen LogP contribution is 2.39. The molecule has 208 valence electrons. The number of fused-ring (bicyclic) bond motifs is 1. The van der Waals surface area contributed by atoms with E-state index in [1.54, 1.807) is 43.5 Å². The number of carbonyl (C=O) groups excluding carboxylic acids is 3. The molecule has 3 amide bonds. The van der Waals surface area contributed by atoms with Gasteiger partial charge in [0.1, 0.15) is 18.9 Å². The SMILES string of the molecule is COc1ccc(NC(=O)CN2C(=O)S/C(=C/c3cc(Cl)c(OCc4cccc5ccccc45)c(OC)c3)C2=O)cc1. The zero-order valence-corrected chi connectivity index (χ0v) is 23.8. The van der Waals surface area contributed by atoms with Gasteiger partial charge in [0, 0.05) is 5.69 Å². The standard InChI is InChI=1S/C31H25ClN2O6S/c1-38-23-12-10-22(11-13-23)33-28(35)17-34-30(36)27(41-31(34)37)16-19-14-25(32)29(26(15-19)39-2)40-18-21-8-5-7-20-6-3-4-9-24(20)21/h3-16H,17-18H2,1-2H3,(H,33,35)/b27-16+. The van der Waals surface area contributed by atoms with Gasteiger partial charge in [-0.05, 0) is 76.1 Å². The number of hydrogen-bond acceptors (Lipinski definition) is 7. The van der Waals surface area contributed by atoms with Gasteiger partial charge >= 0.3 is 0 Å². The van der Waals surface area contributed by atoms with Crippen LogP contribution < -0.4 is 19.5 Å². The molecule has 0 saturated carbocycles. The molecule has 8 nitrogen and oxygen atoms in total. The summed E-state index contributed by atoms with van der Waals surface area (Å²) in [6.07, 6.45) is 1.54. The molecule has 1 saturated heterocycles. The van der Waals surface area contributed by atoms with E-state index in [4.69, 9.17) is 25.8 Å². The zero-order valence-electron chi connectivity index (χ0n) is 22.2. The van der Waals surface area contributed by atoms with E-state index in [0.29, 0.717) is 28.5 Å². The highest BCUT2D eigenvalue weighted by molar-refractivity contribution is 8.18. The van der Waals surface area contributed by atoms with E-state index < -0.39 is 23.6 Å². The van der Waals surface area contributed by atoms with Gasteiger partial charge < -0.3 is 19.5 Å². The number of amides is 3. The minimum atomic E-state index is -0.573. The third-order valence-electron chi connectivity index (χ3n) is 6.35. The lowest BCUT2D eigenvalue weighted by atomic mass is 10.1. The minimum Gasteiger partial charge on any atom is -0.497 e. The van der Waals surface area contributed by atoms with Crippen molar-refractivity contribution in [2.24, 2.45) is 0 Å². The van der Waals surface area contributed by atoms with Gasteiger partial charge in [0.05, 0.1) is 24.1 Å². The third-order valence-corrected chi connectivity index (χ3v) is 7.54. The van der Waals surface area contributed by atoms with Crippen molar-refractivity contribution in [3.8, 4) is 17.2 Å². The highest BCUT2D eigenvalue weighted by Gasteiger charge is 2.36. The molecule has 0 aromatic heterocycles. The van der Waals surface area contributed by atoms with E-state index >= 15 is 0 Å². The van der Waals surface area contributed by atoms with Gasteiger partial charge in [-0.1, -0.05) is 54.1 Å². The molecule has 1 heterocycles. The number of rotatable bonds is 9. The Hall–Kier alpha value is -4.47. The van der Waals surface area contributed by atoms with Crippen LogP contribution in [0.15, 0.2) is 83.8 Å². The molecule has 0 spiro atoms. The number of carbonyl (C=O) groups is 3. The highest BCUT2D eigenvalue weighted by atomic mass is 35.5. The maximum Gasteiger partial charge on any atom is 0.294 e. The lowest BCUT2D eigenvalue weighted by molar-refractivity contribution is -0.127. The van der Waals surface area contributed by atoms with Crippen LogP contribution in [-0.4, -0.2) is 42.7 Å². The average Bonchev–Trinajstić information content (AvgIpc) is 3.23. The second-order valence-corrected chi connectivity index (χ2v) is 10.4. The van der Waals surface area contributed by atoms with Gasteiger partial charge in [0.25, 0.3) is 11.1 Å². The van der Waals surface area contributed by atoms with Crippen LogP contribution in [0.25, 0.3) is 16.8 Å². The number of hydrogen-bond donors (Lipinski definition) is 1. The van der Waals surface area contributed by atoms with Crippen LogP contribution >= 0.6 is 23.4 Å². The summed E-state index contributed by atoms with van der Waals surface area (Å²) >= 11 is 7.33. The maximum absolute atomic E-state index is 13.0. The van der Waals surface area contributed by atoms with Crippen molar-refractivity contribution in [3.63, 3.8) is 0 Å². The van der Waals surface area contributed by atoms with Crippen LogP contribution in [0.1, 0.15) is 11.1 Å². The molecule has 10 heteroatoms. The Morgan fingerprint density at radius 3 is 2.49 bits per heavy atom. The number of nitrogens with zero attached hydrogens (tertiary/aromatic N) is 1. The van der Waals surface area contributed by atoms with Crippen molar-refractivity contribution >= 4 is 63.0 Å². The number of benzene rings is 4. The molecule has 0 bridgehead atoms. The van der Waals surface area contributed by atoms with E-state index in [9.17, 15) is 14.4 Å². The van der Waals surface area contributed by atoms with E-state index in [1.807, 2.05) is 42.5 Å². The average molecular weight is 589 g/mol. The fraction of sp³-hybridized carbons (Fsp3) is 0.129. The molecule has 4 aromatic rings. The third kappa shape index (κ3) is 6.32. The minimum absolute atomic E-state index is 0.162. The molecular formula is C31H25ClN2O6S. The molecule has 1 aliphatic rings. The predicted molar refractivity (Wildman–Crippen MR) is 161 cm³/mol. The van der Waals surface area contributed by atoms with Crippen LogP contribution in [0.4, 0.5) is 10.5 Å². The van der Waals surface area contributed by atoms with Crippen molar-refractivity contribution in [2.75, 3.05) is 26.1 Å². The van der Waals surface area contributed by atoms with E-state index in [1.165, 1.54) is 13.2 Å². The molecule has 5 rings (SSSR count). The molecule has 0 atom stereocenters. The summed E-state index contributed by atoms with van der Waals surface area (Å²) in [5, 5.41) is 4.60. The quantitative estimate of drug-likeness (QED) is 0.216.